The minimum absolute atomic E-state index is 0.0948. The second kappa shape index (κ2) is 48.3. The summed E-state index contributed by atoms with van der Waals surface area (Å²) in [5, 5.41) is 0. The molecule has 0 aliphatic heterocycles. The molecule has 0 radical (unpaired) electrons. The third-order valence-corrected chi connectivity index (χ3v) is 10.2. The van der Waals surface area contributed by atoms with Crippen molar-refractivity contribution in [2.24, 2.45) is 0 Å². The lowest BCUT2D eigenvalue weighted by molar-refractivity contribution is -0.167. The molecule has 0 bridgehead atoms. The summed E-state index contributed by atoms with van der Waals surface area (Å²) in [6, 6.07) is 0. The molecule has 0 heterocycles. The molecule has 0 N–H and O–H groups in total. The lowest BCUT2D eigenvalue weighted by Crippen LogP contribution is -2.30. The third-order valence-electron chi connectivity index (χ3n) is 10.2. The van der Waals surface area contributed by atoms with E-state index in [2.05, 4.69) is 106 Å². The Morgan fingerprint density at radius 3 is 1.18 bits per heavy atom. The molecule has 0 rings (SSSR count). The van der Waals surface area contributed by atoms with E-state index in [9.17, 15) is 14.4 Å². The molecule has 0 amide bonds. The highest BCUT2D eigenvalue weighted by Crippen LogP contribution is 2.13. The minimum atomic E-state index is -0.795. The van der Waals surface area contributed by atoms with Crippen LogP contribution in [0, 0.1) is 0 Å². The number of esters is 3. The molecule has 0 saturated heterocycles. The zero-order valence-corrected chi connectivity index (χ0v) is 38.9. The standard InChI is InChI=1S/C54H90O6/c1-4-7-10-13-16-19-22-25-26-27-28-30-32-35-38-41-44-47-53(56)59-50-51(49-58-52(55)46-43-40-37-34-31-24-21-18-15-12-9-6-3)60-54(57)48-45-42-39-36-33-29-23-20-17-14-11-8-5-2/h8-9,11-12,14,16-21,23,25-26,51H,4-7,10,13,15,22,24,27-50H2,1-3H3/b11-8-,12-9-,17-14-,19-16-,21-18-,23-20-,26-25-. The first-order valence-corrected chi connectivity index (χ1v) is 24.6. The van der Waals surface area contributed by atoms with Crippen molar-refractivity contribution in [2.75, 3.05) is 13.2 Å². The molecule has 6 heteroatoms. The van der Waals surface area contributed by atoms with Crippen molar-refractivity contribution < 1.29 is 28.6 Å². The number of carbonyl (C=O) groups excluding carboxylic acids is 3. The van der Waals surface area contributed by atoms with E-state index in [1.807, 2.05) is 0 Å². The van der Waals surface area contributed by atoms with Crippen LogP contribution < -0.4 is 0 Å². The van der Waals surface area contributed by atoms with Crippen molar-refractivity contribution in [3.8, 4) is 0 Å². The van der Waals surface area contributed by atoms with Gasteiger partial charge >= 0.3 is 17.9 Å². The summed E-state index contributed by atoms with van der Waals surface area (Å²) in [6.07, 6.45) is 61.3. The van der Waals surface area contributed by atoms with Gasteiger partial charge in [-0.05, 0) is 96.3 Å². The van der Waals surface area contributed by atoms with Gasteiger partial charge in [0.15, 0.2) is 6.10 Å². The molecule has 0 aromatic heterocycles. The Morgan fingerprint density at radius 2 is 0.733 bits per heavy atom. The van der Waals surface area contributed by atoms with Crippen molar-refractivity contribution in [1.82, 2.24) is 0 Å². The Balaban J connectivity index is 4.42. The van der Waals surface area contributed by atoms with Gasteiger partial charge in [-0.3, -0.25) is 14.4 Å². The lowest BCUT2D eigenvalue weighted by Gasteiger charge is -2.18. The van der Waals surface area contributed by atoms with Crippen LogP contribution in [0.25, 0.3) is 0 Å². The fourth-order valence-electron chi connectivity index (χ4n) is 6.51. The fraction of sp³-hybridized carbons (Fsp3) is 0.685. The van der Waals surface area contributed by atoms with Crippen LogP contribution in [0.3, 0.4) is 0 Å². The molecular formula is C54H90O6. The molecule has 342 valence electrons. The van der Waals surface area contributed by atoms with E-state index < -0.39 is 6.10 Å². The smallest absolute Gasteiger partial charge is 0.306 e. The van der Waals surface area contributed by atoms with E-state index in [0.717, 1.165) is 128 Å². The molecule has 1 atom stereocenters. The fourth-order valence-corrected chi connectivity index (χ4v) is 6.51. The quantitative estimate of drug-likeness (QED) is 0.0200. The summed E-state index contributed by atoms with van der Waals surface area (Å²) < 4.78 is 16.7. The maximum Gasteiger partial charge on any atom is 0.306 e. The van der Waals surface area contributed by atoms with Gasteiger partial charge in [0.1, 0.15) is 13.2 Å². The highest BCUT2D eigenvalue weighted by Gasteiger charge is 2.19. The van der Waals surface area contributed by atoms with Gasteiger partial charge < -0.3 is 14.2 Å². The van der Waals surface area contributed by atoms with Gasteiger partial charge in [0.05, 0.1) is 0 Å². The van der Waals surface area contributed by atoms with Gasteiger partial charge in [-0.25, -0.2) is 0 Å². The molecular weight excluding hydrogens is 745 g/mol. The van der Waals surface area contributed by atoms with Crippen LogP contribution in [0.4, 0.5) is 0 Å². The summed E-state index contributed by atoms with van der Waals surface area (Å²) in [7, 11) is 0. The number of unbranched alkanes of at least 4 members (excludes halogenated alkanes) is 20. The van der Waals surface area contributed by atoms with E-state index in [1.165, 1.54) is 51.4 Å². The Hall–Kier alpha value is -3.41. The number of carbonyl (C=O) groups is 3. The first-order valence-electron chi connectivity index (χ1n) is 24.6. The Bertz CT molecular complexity index is 1190. The first kappa shape index (κ1) is 56.6. The topological polar surface area (TPSA) is 78.9 Å². The molecule has 60 heavy (non-hydrogen) atoms. The van der Waals surface area contributed by atoms with Crippen LogP contribution in [0.2, 0.25) is 0 Å². The van der Waals surface area contributed by atoms with Crippen molar-refractivity contribution in [1.29, 1.82) is 0 Å². The summed E-state index contributed by atoms with van der Waals surface area (Å²) in [5.74, 6) is -0.942. The van der Waals surface area contributed by atoms with E-state index >= 15 is 0 Å². The maximum absolute atomic E-state index is 12.8. The number of hydrogen-bond acceptors (Lipinski definition) is 6. The number of ether oxygens (including phenoxy) is 3. The maximum atomic E-state index is 12.8. The zero-order valence-electron chi connectivity index (χ0n) is 38.9. The normalized spacial score (nSPS) is 12.8. The summed E-state index contributed by atoms with van der Waals surface area (Å²) in [4.78, 5) is 37.9. The third kappa shape index (κ3) is 45.7. The second-order valence-electron chi connectivity index (χ2n) is 16.0. The molecule has 0 aromatic carbocycles. The molecule has 0 saturated carbocycles. The predicted molar refractivity (Wildman–Crippen MR) is 256 cm³/mol. The number of hydrogen-bond donors (Lipinski definition) is 0. The monoisotopic (exact) mass is 835 g/mol. The van der Waals surface area contributed by atoms with Crippen LogP contribution in [0.5, 0.6) is 0 Å². The molecule has 0 aliphatic carbocycles. The Labute approximate surface area is 369 Å². The van der Waals surface area contributed by atoms with Gasteiger partial charge in [0.2, 0.25) is 0 Å². The van der Waals surface area contributed by atoms with E-state index in [0.29, 0.717) is 19.3 Å². The van der Waals surface area contributed by atoms with Gasteiger partial charge in [0.25, 0.3) is 0 Å². The Morgan fingerprint density at radius 1 is 0.367 bits per heavy atom. The highest BCUT2D eigenvalue weighted by atomic mass is 16.6. The van der Waals surface area contributed by atoms with Crippen molar-refractivity contribution in [3.63, 3.8) is 0 Å². The van der Waals surface area contributed by atoms with E-state index in [4.69, 9.17) is 14.2 Å². The van der Waals surface area contributed by atoms with Crippen LogP contribution in [-0.2, 0) is 28.6 Å². The molecule has 0 spiro atoms. The molecule has 0 aromatic rings. The van der Waals surface area contributed by atoms with Crippen LogP contribution in [0.15, 0.2) is 85.1 Å². The van der Waals surface area contributed by atoms with Crippen molar-refractivity contribution in [2.45, 2.75) is 226 Å². The molecule has 0 fully saturated rings. The lowest BCUT2D eigenvalue weighted by atomic mass is 10.1. The van der Waals surface area contributed by atoms with Gasteiger partial charge in [-0.1, -0.05) is 189 Å². The summed E-state index contributed by atoms with van der Waals surface area (Å²) in [6.45, 7) is 6.32. The van der Waals surface area contributed by atoms with Crippen molar-refractivity contribution in [3.05, 3.63) is 85.1 Å². The summed E-state index contributed by atoms with van der Waals surface area (Å²) >= 11 is 0. The van der Waals surface area contributed by atoms with Crippen LogP contribution >= 0.6 is 0 Å². The van der Waals surface area contributed by atoms with E-state index in [-0.39, 0.29) is 31.1 Å². The molecule has 0 aliphatic rings. The zero-order chi connectivity index (χ0) is 43.7. The van der Waals surface area contributed by atoms with Crippen LogP contribution in [0.1, 0.15) is 220 Å². The van der Waals surface area contributed by atoms with Crippen molar-refractivity contribution >= 4 is 17.9 Å². The largest absolute Gasteiger partial charge is 0.462 e. The average Bonchev–Trinajstić information content (AvgIpc) is 3.24. The second-order valence-corrected chi connectivity index (χ2v) is 16.0. The van der Waals surface area contributed by atoms with Crippen LogP contribution in [-0.4, -0.2) is 37.2 Å². The number of allylic oxidation sites excluding steroid dienone is 14. The average molecular weight is 835 g/mol. The molecule has 1 unspecified atom stereocenters. The van der Waals surface area contributed by atoms with Gasteiger partial charge in [-0.2, -0.15) is 0 Å². The van der Waals surface area contributed by atoms with E-state index in [1.54, 1.807) is 0 Å². The van der Waals surface area contributed by atoms with Gasteiger partial charge in [-0.15, -0.1) is 0 Å². The Kier molecular flexibility index (Phi) is 45.5. The first-order chi connectivity index (χ1) is 29.5. The minimum Gasteiger partial charge on any atom is -0.462 e. The SMILES string of the molecule is CC\C=C/C=C\C=C/CCCCCCCC(=O)OC(COC(=O)CCCCCCC/C=C\C/C=C\CC)COC(=O)CCCCCCCCC/C=C\C/C=C\CCCCC. The number of rotatable bonds is 43. The van der Waals surface area contributed by atoms with Gasteiger partial charge in [0, 0.05) is 19.3 Å². The summed E-state index contributed by atoms with van der Waals surface area (Å²) in [5.41, 5.74) is 0. The highest BCUT2D eigenvalue weighted by molar-refractivity contribution is 5.71. The predicted octanol–water partition coefficient (Wildman–Crippen LogP) is 16.0. The molecule has 6 nitrogen and oxygen atoms in total.